The highest BCUT2D eigenvalue weighted by Gasteiger charge is 2.51. The molecule has 0 spiro atoms. The minimum absolute atomic E-state index is 0.499. The molecule has 1 aromatic carbocycles. The number of carbonyl (C=O) groups excluding carboxylic acids is 2. The third kappa shape index (κ3) is 3.30. The number of benzene rings is 1. The number of hydrogen-bond acceptors (Lipinski definition) is 4. The van der Waals surface area contributed by atoms with Gasteiger partial charge in [0.1, 0.15) is 29.8 Å². The molecule has 1 aliphatic heterocycles. The standard InChI is InChI=1S/C17H23NO4/c1-16(2,3)22-15(20)18-13(11-19)14(21-17(18,4)5)12-9-7-6-8-10-12/h6-11,13-14H,1-5H3/t13-,14?/m1/s1. The molecule has 1 amide bonds. The molecule has 0 N–H and O–H groups in total. The zero-order valence-corrected chi connectivity index (χ0v) is 13.7. The summed E-state index contributed by atoms with van der Waals surface area (Å²) in [5, 5.41) is 0. The van der Waals surface area contributed by atoms with E-state index in [-0.39, 0.29) is 0 Å². The van der Waals surface area contributed by atoms with Crippen LogP contribution in [0.4, 0.5) is 4.79 Å². The van der Waals surface area contributed by atoms with Crippen LogP contribution in [0.15, 0.2) is 30.3 Å². The molecule has 1 saturated heterocycles. The second kappa shape index (κ2) is 5.72. The van der Waals surface area contributed by atoms with E-state index < -0.39 is 29.6 Å². The van der Waals surface area contributed by atoms with Gasteiger partial charge in [0.05, 0.1) is 0 Å². The van der Waals surface area contributed by atoms with Crippen LogP contribution in [0.5, 0.6) is 0 Å². The van der Waals surface area contributed by atoms with Crippen molar-refractivity contribution in [2.75, 3.05) is 0 Å². The number of nitrogens with zero attached hydrogens (tertiary/aromatic N) is 1. The Balaban J connectivity index is 2.33. The van der Waals surface area contributed by atoms with Crippen molar-refractivity contribution in [2.45, 2.75) is 58.1 Å². The Morgan fingerprint density at radius 2 is 1.86 bits per heavy atom. The molecule has 120 valence electrons. The highest BCUT2D eigenvalue weighted by Crippen LogP contribution is 2.40. The summed E-state index contributed by atoms with van der Waals surface area (Å²) in [4.78, 5) is 25.5. The summed E-state index contributed by atoms with van der Waals surface area (Å²) in [6.07, 6.45) is -0.301. The molecule has 0 saturated carbocycles. The van der Waals surface area contributed by atoms with E-state index in [2.05, 4.69) is 0 Å². The largest absolute Gasteiger partial charge is 0.444 e. The van der Waals surface area contributed by atoms with Gasteiger partial charge in [0, 0.05) is 0 Å². The van der Waals surface area contributed by atoms with Gasteiger partial charge in [0.2, 0.25) is 0 Å². The lowest BCUT2D eigenvalue weighted by molar-refractivity contribution is -0.113. The van der Waals surface area contributed by atoms with Crippen LogP contribution >= 0.6 is 0 Å². The monoisotopic (exact) mass is 305 g/mol. The first kappa shape index (κ1) is 16.5. The smallest absolute Gasteiger partial charge is 0.413 e. The van der Waals surface area contributed by atoms with Crippen molar-refractivity contribution in [3.05, 3.63) is 35.9 Å². The van der Waals surface area contributed by atoms with Crippen LogP contribution in [0.1, 0.15) is 46.3 Å². The van der Waals surface area contributed by atoms with Crippen LogP contribution in [0.2, 0.25) is 0 Å². The van der Waals surface area contributed by atoms with Gasteiger partial charge in [-0.15, -0.1) is 0 Å². The molecular weight excluding hydrogens is 282 g/mol. The molecule has 2 rings (SSSR count). The zero-order chi connectivity index (χ0) is 16.5. The van der Waals surface area contributed by atoms with Gasteiger partial charge in [-0.1, -0.05) is 30.3 Å². The molecular formula is C17H23NO4. The van der Waals surface area contributed by atoms with E-state index in [1.807, 2.05) is 30.3 Å². The molecule has 2 atom stereocenters. The zero-order valence-electron chi connectivity index (χ0n) is 13.7. The number of rotatable bonds is 2. The van der Waals surface area contributed by atoms with Gasteiger partial charge in [-0.2, -0.15) is 0 Å². The van der Waals surface area contributed by atoms with Crippen LogP contribution in [0, 0.1) is 0 Å². The molecule has 1 fully saturated rings. The van der Waals surface area contributed by atoms with Crippen LogP contribution in [-0.4, -0.2) is 34.6 Å². The fourth-order valence-corrected chi connectivity index (χ4v) is 2.62. The predicted octanol–water partition coefficient (Wildman–Crippen LogP) is 3.30. The first-order valence-electron chi connectivity index (χ1n) is 7.36. The van der Waals surface area contributed by atoms with Crippen molar-refractivity contribution in [1.29, 1.82) is 0 Å². The van der Waals surface area contributed by atoms with Crippen LogP contribution in [0.25, 0.3) is 0 Å². The van der Waals surface area contributed by atoms with E-state index >= 15 is 0 Å². The molecule has 1 unspecified atom stereocenters. The average molecular weight is 305 g/mol. The summed E-state index contributed by atoms with van der Waals surface area (Å²) in [6.45, 7) is 8.89. The summed E-state index contributed by atoms with van der Waals surface area (Å²) in [6, 6.07) is 8.71. The summed E-state index contributed by atoms with van der Waals surface area (Å²) >= 11 is 0. The Morgan fingerprint density at radius 3 is 2.36 bits per heavy atom. The van der Waals surface area contributed by atoms with Gasteiger partial charge in [0.15, 0.2) is 0 Å². The predicted molar refractivity (Wildman–Crippen MR) is 82.3 cm³/mol. The fourth-order valence-electron chi connectivity index (χ4n) is 2.62. The molecule has 22 heavy (non-hydrogen) atoms. The van der Waals surface area contributed by atoms with Crippen molar-refractivity contribution >= 4 is 12.4 Å². The number of amides is 1. The van der Waals surface area contributed by atoms with E-state index in [1.54, 1.807) is 34.6 Å². The molecule has 0 aliphatic carbocycles. The van der Waals surface area contributed by atoms with E-state index in [9.17, 15) is 9.59 Å². The second-order valence-corrected chi connectivity index (χ2v) is 6.87. The topological polar surface area (TPSA) is 55.8 Å². The molecule has 5 nitrogen and oxygen atoms in total. The normalized spacial score (nSPS) is 24.1. The molecule has 0 radical (unpaired) electrons. The van der Waals surface area contributed by atoms with E-state index in [0.29, 0.717) is 0 Å². The molecule has 1 aliphatic rings. The van der Waals surface area contributed by atoms with Crippen molar-refractivity contribution in [3.8, 4) is 0 Å². The molecule has 0 aromatic heterocycles. The highest BCUT2D eigenvalue weighted by molar-refractivity contribution is 5.76. The van der Waals surface area contributed by atoms with Crippen molar-refractivity contribution in [1.82, 2.24) is 4.90 Å². The van der Waals surface area contributed by atoms with Crippen LogP contribution in [0.3, 0.4) is 0 Å². The maximum atomic E-state index is 12.5. The summed E-state index contributed by atoms with van der Waals surface area (Å²) in [5.41, 5.74) is -0.696. The first-order chi connectivity index (χ1) is 10.2. The lowest BCUT2D eigenvalue weighted by Gasteiger charge is -2.33. The maximum Gasteiger partial charge on any atom is 0.413 e. The molecule has 0 bridgehead atoms. The quantitative estimate of drug-likeness (QED) is 0.787. The summed E-state index contributed by atoms with van der Waals surface area (Å²) < 4.78 is 11.4. The maximum absolute atomic E-state index is 12.5. The number of aldehydes is 1. The van der Waals surface area contributed by atoms with Crippen LogP contribution < -0.4 is 0 Å². The molecule has 1 aromatic rings. The average Bonchev–Trinajstić information content (AvgIpc) is 2.68. The third-order valence-corrected chi connectivity index (χ3v) is 3.46. The Labute approximate surface area is 131 Å². The number of hydrogen-bond donors (Lipinski definition) is 0. The van der Waals surface area contributed by atoms with E-state index in [1.165, 1.54) is 4.90 Å². The van der Waals surface area contributed by atoms with Gasteiger partial charge in [-0.25, -0.2) is 4.79 Å². The van der Waals surface area contributed by atoms with Gasteiger partial charge < -0.3 is 14.3 Å². The number of ether oxygens (including phenoxy) is 2. The lowest BCUT2D eigenvalue weighted by atomic mass is 10.0. The Morgan fingerprint density at radius 1 is 1.27 bits per heavy atom. The van der Waals surface area contributed by atoms with Gasteiger partial charge in [-0.3, -0.25) is 4.90 Å². The fraction of sp³-hybridized carbons (Fsp3) is 0.529. The van der Waals surface area contributed by atoms with Gasteiger partial charge in [0.25, 0.3) is 0 Å². The van der Waals surface area contributed by atoms with Gasteiger partial charge >= 0.3 is 6.09 Å². The number of carbonyl (C=O) groups is 2. The van der Waals surface area contributed by atoms with Crippen molar-refractivity contribution < 1.29 is 19.1 Å². The van der Waals surface area contributed by atoms with Crippen molar-refractivity contribution in [2.24, 2.45) is 0 Å². The Hall–Kier alpha value is -1.88. The van der Waals surface area contributed by atoms with E-state index in [0.717, 1.165) is 11.8 Å². The molecule has 5 heteroatoms. The second-order valence-electron chi connectivity index (χ2n) is 6.87. The van der Waals surface area contributed by atoms with Gasteiger partial charge in [-0.05, 0) is 40.2 Å². The van der Waals surface area contributed by atoms with E-state index in [4.69, 9.17) is 9.47 Å². The minimum atomic E-state index is -0.922. The third-order valence-electron chi connectivity index (χ3n) is 3.46. The summed E-state index contributed by atoms with van der Waals surface area (Å²) in [7, 11) is 0. The lowest BCUT2D eigenvalue weighted by Crippen LogP contribution is -2.50. The Kier molecular flexibility index (Phi) is 4.29. The minimum Gasteiger partial charge on any atom is -0.444 e. The van der Waals surface area contributed by atoms with Crippen LogP contribution in [-0.2, 0) is 14.3 Å². The SMILES string of the molecule is CC(C)(C)OC(=O)N1[C@H](C=O)C(c2ccccc2)OC1(C)C. The first-order valence-corrected chi connectivity index (χ1v) is 7.36. The summed E-state index contributed by atoms with van der Waals surface area (Å²) in [5.74, 6) is 0. The Bertz CT molecular complexity index is 548. The van der Waals surface area contributed by atoms with Crippen molar-refractivity contribution in [3.63, 3.8) is 0 Å². The highest BCUT2D eigenvalue weighted by atomic mass is 16.6. The molecule has 1 heterocycles.